The molecule has 0 amide bonds. The van der Waals surface area contributed by atoms with E-state index in [1.807, 2.05) is 13.8 Å². The lowest BCUT2D eigenvalue weighted by molar-refractivity contribution is -0.329. The lowest BCUT2D eigenvalue weighted by Gasteiger charge is -2.64. The van der Waals surface area contributed by atoms with Crippen molar-refractivity contribution in [2.45, 2.75) is 173 Å². The van der Waals surface area contributed by atoms with Crippen LogP contribution in [-0.4, -0.2) is 109 Å². The summed E-state index contributed by atoms with van der Waals surface area (Å²) in [5.74, 6) is 0.176. The Hall–Kier alpha value is -0.400. The number of fused-ring (bicyclic) bond motifs is 2. The van der Waals surface area contributed by atoms with Gasteiger partial charge in [-0.25, -0.2) is 0 Å². The summed E-state index contributed by atoms with van der Waals surface area (Å²) < 4.78 is 18.8. The van der Waals surface area contributed by atoms with E-state index in [-0.39, 0.29) is 51.6 Å². The van der Waals surface area contributed by atoms with E-state index < -0.39 is 66.1 Å². The average molecular weight is 653 g/mol. The second-order valence-electron chi connectivity index (χ2n) is 18.7. The van der Waals surface area contributed by atoms with Crippen molar-refractivity contribution < 1.29 is 50.0 Å². The van der Waals surface area contributed by atoms with E-state index >= 15 is 0 Å². The van der Waals surface area contributed by atoms with Crippen molar-refractivity contribution in [1.82, 2.24) is 0 Å². The molecular weight excluding hydrogens is 592 g/mol. The van der Waals surface area contributed by atoms with Gasteiger partial charge >= 0.3 is 0 Å². The largest absolute Gasteiger partial charge is 0.394 e. The summed E-state index contributed by atoms with van der Waals surface area (Å²) in [5.41, 5.74) is -2.26. The zero-order valence-corrected chi connectivity index (χ0v) is 28.9. The first-order chi connectivity index (χ1) is 21.2. The molecule has 0 aromatic carbocycles. The zero-order valence-electron chi connectivity index (χ0n) is 28.9. The standard InChI is InChI=1S/C36H60O10/c1-30(2)22(45-29-26(42)25(41)24(40)20(16-37)44-29)9-11-36-17-35(36)13-12-32(5)28(34(7)10-8-23(46-34)31(3,4)43)19(39)15-33(32,6)21(35)14-18(38)27(30)36/h18-29,37-43H,8-17H2,1-7H3/t18-,19-,20-,21-,22-,23-,24-,25-,26-,27-,28+,29+,32+,33-,34-,35-,36+/m0/s1. The summed E-state index contributed by atoms with van der Waals surface area (Å²) in [6.45, 7) is 14.3. The number of rotatable bonds is 5. The lowest BCUT2D eigenvalue weighted by atomic mass is 9.41. The van der Waals surface area contributed by atoms with Crippen LogP contribution in [0.15, 0.2) is 0 Å². The third-order valence-corrected chi connectivity index (χ3v) is 15.9. The Bertz CT molecular complexity index is 1200. The number of hydrogen-bond acceptors (Lipinski definition) is 10. The van der Waals surface area contributed by atoms with Crippen molar-refractivity contribution in [2.75, 3.05) is 6.61 Å². The molecule has 0 aromatic heterocycles. The molecule has 7 rings (SSSR count). The SMILES string of the molecule is CC(C)(O)[C@@H]1CC[C@@](C)([C@@H]2[C@@H](O)C[C@@]3(C)[C@@H]4C[C@H](O)[C@H]5C(C)(C)[C@@H](O[C@H]6O[C@@H](CO)[C@H](O)[C@H](O)[C@@H]6O)CC[C@@]56C[C@@]46CC[C@]23C)O1. The van der Waals surface area contributed by atoms with Gasteiger partial charge in [0.25, 0.3) is 0 Å². The van der Waals surface area contributed by atoms with E-state index in [2.05, 4.69) is 34.6 Å². The maximum Gasteiger partial charge on any atom is 0.186 e. The first kappa shape index (κ1) is 34.1. The first-order valence-electron chi connectivity index (χ1n) is 17.9. The predicted octanol–water partition coefficient (Wildman–Crippen LogP) is 2.26. The van der Waals surface area contributed by atoms with E-state index in [1.165, 1.54) is 0 Å². The smallest absolute Gasteiger partial charge is 0.186 e. The molecule has 0 bridgehead atoms. The molecule has 2 heterocycles. The molecule has 7 fully saturated rings. The van der Waals surface area contributed by atoms with Crippen LogP contribution in [0.5, 0.6) is 0 Å². The third kappa shape index (κ3) is 4.24. The highest BCUT2D eigenvalue weighted by molar-refractivity contribution is 5.33. The normalized spacial score (nSPS) is 59.3. The molecule has 264 valence electrons. The van der Waals surface area contributed by atoms with E-state index in [0.29, 0.717) is 19.3 Å². The zero-order chi connectivity index (χ0) is 33.6. The highest BCUT2D eigenvalue weighted by Gasteiger charge is 2.85. The molecule has 2 spiro atoms. The Morgan fingerprint density at radius 1 is 0.783 bits per heavy atom. The van der Waals surface area contributed by atoms with Gasteiger partial charge in [0.2, 0.25) is 0 Å². The van der Waals surface area contributed by atoms with Gasteiger partial charge in [0.05, 0.1) is 42.2 Å². The number of hydrogen-bond donors (Lipinski definition) is 7. The molecule has 2 saturated heterocycles. The molecule has 7 N–H and O–H groups in total. The Labute approximate surface area is 273 Å². The van der Waals surface area contributed by atoms with Gasteiger partial charge in [-0.05, 0) is 117 Å². The molecule has 7 aliphatic rings. The molecule has 5 saturated carbocycles. The maximum atomic E-state index is 12.2. The Kier molecular flexibility index (Phi) is 7.65. The van der Waals surface area contributed by atoms with Gasteiger partial charge in [0.15, 0.2) is 6.29 Å². The summed E-state index contributed by atoms with van der Waals surface area (Å²) >= 11 is 0. The number of ether oxygens (including phenoxy) is 3. The molecule has 2 aliphatic heterocycles. The van der Waals surface area contributed by atoms with Gasteiger partial charge in [-0.1, -0.05) is 27.7 Å². The van der Waals surface area contributed by atoms with Crippen molar-refractivity contribution in [3.05, 3.63) is 0 Å². The molecule has 10 heteroatoms. The fourth-order valence-electron chi connectivity index (χ4n) is 13.7. The minimum absolute atomic E-state index is 0.0295. The predicted molar refractivity (Wildman–Crippen MR) is 167 cm³/mol. The van der Waals surface area contributed by atoms with Gasteiger partial charge in [-0.2, -0.15) is 0 Å². The Morgan fingerprint density at radius 2 is 1.48 bits per heavy atom. The molecule has 0 unspecified atom stereocenters. The summed E-state index contributed by atoms with van der Waals surface area (Å²) in [4.78, 5) is 0. The number of aliphatic hydroxyl groups excluding tert-OH is 6. The molecule has 46 heavy (non-hydrogen) atoms. The molecule has 5 aliphatic carbocycles. The van der Waals surface area contributed by atoms with Gasteiger partial charge < -0.3 is 50.0 Å². The Morgan fingerprint density at radius 3 is 2.11 bits per heavy atom. The van der Waals surface area contributed by atoms with Crippen LogP contribution in [-0.2, 0) is 14.2 Å². The van der Waals surface area contributed by atoms with E-state index in [4.69, 9.17) is 14.2 Å². The average Bonchev–Trinajstić information content (AvgIpc) is 3.31. The molecule has 10 nitrogen and oxygen atoms in total. The molecule has 0 radical (unpaired) electrons. The molecule has 17 atom stereocenters. The van der Waals surface area contributed by atoms with Crippen LogP contribution < -0.4 is 0 Å². The van der Waals surface area contributed by atoms with E-state index in [9.17, 15) is 35.7 Å². The van der Waals surface area contributed by atoms with Crippen LogP contribution >= 0.6 is 0 Å². The summed E-state index contributed by atoms with van der Waals surface area (Å²) in [7, 11) is 0. The highest BCUT2D eigenvalue weighted by Crippen LogP contribution is 2.89. The molecular formula is C36H60O10. The quantitative estimate of drug-likeness (QED) is 0.219. The summed E-state index contributed by atoms with van der Waals surface area (Å²) in [5, 5.41) is 75.9. The first-order valence-corrected chi connectivity index (χ1v) is 17.9. The monoisotopic (exact) mass is 652 g/mol. The van der Waals surface area contributed by atoms with Crippen molar-refractivity contribution >= 4 is 0 Å². The second kappa shape index (κ2) is 10.3. The minimum atomic E-state index is -1.50. The van der Waals surface area contributed by atoms with Gasteiger partial charge in [0, 0.05) is 5.92 Å². The molecule has 0 aromatic rings. The third-order valence-electron chi connectivity index (χ3n) is 15.9. The summed E-state index contributed by atoms with van der Waals surface area (Å²) in [6.07, 6.45) is -0.708. The van der Waals surface area contributed by atoms with Crippen molar-refractivity contribution in [1.29, 1.82) is 0 Å². The van der Waals surface area contributed by atoms with Crippen molar-refractivity contribution in [3.63, 3.8) is 0 Å². The van der Waals surface area contributed by atoms with Crippen LogP contribution in [0.3, 0.4) is 0 Å². The van der Waals surface area contributed by atoms with Crippen LogP contribution in [0, 0.1) is 44.8 Å². The van der Waals surface area contributed by atoms with E-state index in [1.54, 1.807) is 0 Å². The fraction of sp³-hybridized carbons (Fsp3) is 1.00. The van der Waals surface area contributed by atoms with Crippen LogP contribution in [0.1, 0.15) is 106 Å². The summed E-state index contributed by atoms with van der Waals surface area (Å²) in [6, 6.07) is 0. The topological polar surface area (TPSA) is 169 Å². The van der Waals surface area contributed by atoms with Gasteiger partial charge in [-0.15, -0.1) is 0 Å². The van der Waals surface area contributed by atoms with Crippen molar-refractivity contribution in [2.24, 2.45) is 44.8 Å². The lowest BCUT2D eigenvalue weighted by Crippen LogP contribution is -2.64. The second-order valence-corrected chi connectivity index (χ2v) is 18.7. The van der Waals surface area contributed by atoms with Gasteiger partial charge in [-0.3, -0.25) is 0 Å². The van der Waals surface area contributed by atoms with Crippen molar-refractivity contribution in [3.8, 4) is 0 Å². The van der Waals surface area contributed by atoms with E-state index in [0.717, 1.165) is 38.5 Å². The highest BCUT2D eigenvalue weighted by atomic mass is 16.7. The Balaban J connectivity index is 1.15. The van der Waals surface area contributed by atoms with Crippen LogP contribution in [0.4, 0.5) is 0 Å². The van der Waals surface area contributed by atoms with Crippen LogP contribution in [0.2, 0.25) is 0 Å². The maximum absolute atomic E-state index is 12.2. The van der Waals surface area contributed by atoms with Crippen LogP contribution in [0.25, 0.3) is 0 Å². The fourth-order valence-corrected chi connectivity index (χ4v) is 13.7. The van der Waals surface area contributed by atoms with Gasteiger partial charge in [0.1, 0.15) is 24.4 Å². The number of aliphatic hydroxyl groups is 7. The minimum Gasteiger partial charge on any atom is -0.394 e.